The number of benzene rings is 1. The van der Waals surface area contributed by atoms with E-state index in [0.717, 1.165) is 0 Å². The molecule has 1 aromatic carbocycles. The second kappa shape index (κ2) is 7.43. The van der Waals surface area contributed by atoms with Gasteiger partial charge >= 0.3 is 5.97 Å². The quantitative estimate of drug-likeness (QED) is 0.822. The molecule has 7 nitrogen and oxygen atoms in total. The van der Waals surface area contributed by atoms with Crippen LogP contribution in [0.5, 0.6) is 0 Å². The van der Waals surface area contributed by atoms with Crippen LogP contribution in [0, 0.1) is 5.82 Å². The minimum atomic E-state index is -0.604. The molecule has 0 spiro atoms. The molecule has 0 bridgehead atoms. The highest BCUT2D eigenvalue weighted by atomic mass is 19.1. The van der Waals surface area contributed by atoms with E-state index in [9.17, 15) is 14.0 Å². The summed E-state index contributed by atoms with van der Waals surface area (Å²) in [7, 11) is 1.29. The average molecular weight is 347 g/mol. The Bertz CT molecular complexity index is 760. The summed E-state index contributed by atoms with van der Waals surface area (Å²) in [5, 5.41) is 2.75. The van der Waals surface area contributed by atoms with E-state index in [0.29, 0.717) is 36.8 Å². The van der Waals surface area contributed by atoms with Gasteiger partial charge in [-0.1, -0.05) is 0 Å². The number of hydrogen-bond donors (Lipinski definition) is 1. The average Bonchev–Trinajstić information content (AvgIpc) is 3.07. The lowest BCUT2D eigenvalue weighted by atomic mass is 10.1. The third-order valence-corrected chi connectivity index (χ3v) is 4.04. The fourth-order valence-electron chi connectivity index (χ4n) is 2.73. The number of nitrogens with zero attached hydrogens (tertiary/aromatic N) is 2. The number of carbonyl (C=O) groups is 2. The van der Waals surface area contributed by atoms with Gasteiger partial charge in [-0.05, 0) is 24.3 Å². The summed E-state index contributed by atoms with van der Waals surface area (Å²) < 4.78 is 23.1. The van der Waals surface area contributed by atoms with E-state index in [-0.39, 0.29) is 18.1 Å². The number of piperazine rings is 1. The molecule has 0 radical (unpaired) electrons. The normalized spacial score (nSPS) is 18.0. The van der Waals surface area contributed by atoms with Crippen LogP contribution in [0.1, 0.15) is 12.1 Å². The Balaban J connectivity index is 1.73. The SMILES string of the molecule is COC(=O)C[C@H]1C(=O)NCCN1Cc1coc(-c2ccc(F)cc2)n1. The number of amides is 1. The molecule has 0 unspecified atom stereocenters. The second-order valence-electron chi connectivity index (χ2n) is 5.71. The molecule has 1 atom stereocenters. The molecular weight excluding hydrogens is 329 g/mol. The van der Waals surface area contributed by atoms with E-state index < -0.39 is 12.0 Å². The number of nitrogens with one attached hydrogen (secondary N) is 1. The van der Waals surface area contributed by atoms with Crippen molar-refractivity contribution in [1.82, 2.24) is 15.2 Å². The summed E-state index contributed by atoms with van der Waals surface area (Å²) in [5.74, 6) is -0.611. The Morgan fingerprint density at radius 1 is 1.44 bits per heavy atom. The van der Waals surface area contributed by atoms with Gasteiger partial charge in [0.15, 0.2) is 0 Å². The highest BCUT2D eigenvalue weighted by molar-refractivity contribution is 5.87. The predicted octanol–water partition coefficient (Wildman–Crippen LogP) is 1.34. The largest absolute Gasteiger partial charge is 0.469 e. The first-order valence-corrected chi connectivity index (χ1v) is 7.85. The number of methoxy groups -OCH3 is 1. The van der Waals surface area contributed by atoms with Gasteiger partial charge < -0.3 is 14.5 Å². The van der Waals surface area contributed by atoms with Gasteiger partial charge in [0, 0.05) is 25.2 Å². The Morgan fingerprint density at radius 2 is 2.20 bits per heavy atom. The summed E-state index contributed by atoms with van der Waals surface area (Å²) in [6.07, 6.45) is 1.48. The van der Waals surface area contributed by atoms with Crippen molar-refractivity contribution in [2.24, 2.45) is 0 Å². The van der Waals surface area contributed by atoms with E-state index >= 15 is 0 Å². The van der Waals surface area contributed by atoms with Crippen LogP contribution in [0.4, 0.5) is 4.39 Å². The zero-order chi connectivity index (χ0) is 17.8. The molecule has 25 heavy (non-hydrogen) atoms. The topological polar surface area (TPSA) is 84.7 Å². The van der Waals surface area contributed by atoms with Crippen molar-refractivity contribution in [3.8, 4) is 11.5 Å². The number of ether oxygens (including phenoxy) is 1. The number of halogens is 1. The molecule has 1 aliphatic heterocycles. The highest BCUT2D eigenvalue weighted by Gasteiger charge is 2.32. The molecule has 1 aromatic heterocycles. The van der Waals surface area contributed by atoms with Crippen LogP contribution in [0.3, 0.4) is 0 Å². The summed E-state index contributed by atoms with van der Waals surface area (Å²) in [6, 6.07) is 5.23. The number of aromatic nitrogens is 1. The fraction of sp³-hybridized carbons (Fsp3) is 0.353. The fourth-order valence-corrected chi connectivity index (χ4v) is 2.73. The Kier molecular flexibility index (Phi) is 5.08. The second-order valence-corrected chi connectivity index (χ2v) is 5.71. The van der Waals surface area contributed by atoms with E-state index in [4.69, 9.17) is 4.42 Å². The van der Waals surface area contributed by atoms with Crippen molar-refractivity contribution < 1.29 is 23.1 Å². The molecule has 132 valence electrons. The first-order valence-electron chi connectivity index (χ1n) is 7.85. The van der Waals surface area contributed by atoms with E-state index in [1.165, 1.54) is 25.5 Å². The van der Waals surface area contributed by atoms with Crippen molar-refractivity contribution in [3.63, 3.8) is 0 Å². The van der Waals surface area contributed by atoms with Crippen molar-refractivity contribution in [2.45, 2.75) is 19.0 Å². The molecule has 3 rings (SSSR count). The lowest BCUT2D eigenvalue weighted by molar-refractivity contribution is -0.146. The maximum Gasteiger partial charge on any atom is 0.307 e. The molecule has 8 heteroatoms. The number of carbonyl (C=O) groups excluding carboxylic acids is 2. The van der Waals surface area contributed by atoms with Gasteiger partial charge in [-0.2, -0.15) is 0 Å². The minimum absolute atomic E-state index is 0.0228. The summed E-state index contributed by atoms with van der Waals surface area (Å²) in [4.78, 5) is 29.9. The van der Waals surface area contributed by atoms with E-state index in [1.807, 2.05) is 4.90 Å². The first-order chi connectivity index (χ1) is 12.1. The van der Waals surface area contributed by atoms with Gasteiger partial charge in [0.05, 0.1) is 19.2 Å². The Morgan fingerprint density at radius 3 is 2.92 bits per heavy atom. The van der Waals surface area contributed by atoms with Gasteiger partial charge in [-0.25, -0.2) is 9.37 Å². The van der Waals surface area contributed by atoms with Crippen LogP contribution in [0.15, 0.2) is 34.9 Å². The van der Waals surface area contributed by atoms with Crippen molar-refractivity contribution in [1.29, 1.82) is 0 Å². The van der Waals surface area contributed by atoms with Crippen molar-refractivity contribution in [3.05, 3.63) is 42.0 Å². The van der Waals surface area contributed by atoms with Gasteiger partial charge in [-0.3, -0.25) is 14.5 Å². The maximum absolute atomic E-state index is 13.0. The number of rotatable bonds is 5. The lowest BCUT2D eigenvalue weighted by Gasteiger charge is -2.33. The molecule has 1 amide bonds. The van der Waals surface area contributed by atoms with Gasteiger partial charge in [-0.15, -0.1) is 0 Å². The lowest BCUT2D eigenvalue weighted by Crippen LogP contribution is -2.55. The third-order valence-electron chi connectivity index (χ3n) is 4.04. The first kappa shape index (κ1) is 17.1. The monoisotopic (exact) mass is 347 g/mol. The van der Waals surface area contributed by atoms with Crippen LogP contribution >= 0.6 is 0 Å². The highest BCUT2D eigenvalue weighted by Crippen LogP contribution is 2.21. The summed E-state index contributed by atoms with van der Waals surface area (Å²) >= 11 is 0. The molecule has 2 heterocycles. The Labute approximate surface area is 143 Å². The Hall–Kier alpha value is -2.74. The number of oxazole rings is 1. The van der Waals surface area contributed by atoms with Crippen LogP contribution in [-0.4, -0.2) is 48.0 Å². The van der Waals surface area contributed by atoms with Crippen molar-refractivity contribution in [2.75, 3.05) is 20.2 Å². The van der Waals surface area contributed by atoms with Crippen molar-refractivity contribution >= 4 is 11.9 Å². The van der Waals surface area contributed by atoms with Crippen LogP contribution in [0.2, 0.25) is 0 Å². The zero-order valence-corrected chi connectivity index (χ0v) is 13.7. The van der Waals surface area contributed by atoms with E-state index in [2.05, 4.69) is 15.0 Å². The number of esters is 1. The maximum atomic E-state index is 13.0. The molecule has 1 fully saturated rings. The molecule has 1 aliphatic rings. The molecule has 0 aliphatic carbocycles. The summed E-state index contributed by atoms with van der Waals surface area (Å²) in [5.41, 5.74) is 1.29. The third kappa shape index (κ3) is 4.03. The minimum Gasteiger partial charge on any atom is -0.469 e. The molecule has 0 saturated carbocycles. The predicted molar refractivity (Wildman–Crippen MR) is 85.7 cm³/mol. The smallest absolute Gasteiger partial charge is 0.307 e. The van der Waals surface area contributed by atoms with Crippen LogP contribution in [-0.2, 0) is 20.9 Å². The zero-order valence-electron chi connectivity index (χ0n) is 13.7. The van der Waals surface area contributed by atoms with Gasteiger partial charge in [0.25, 0.3) is 0 Å². The van der Waals surface area contributed by atoms with Crippen LogP contribution < -0.4 is 5.32 Å². The van der Waals surface area contributed by atoms with Gasteiger partial charge in [0.1, 0.15) is 18.1 Å². The summed E-state index contributed by atoms with van der Waals surface area (Å²) in [6.45, 7) is 1.45. The van der Waals surface area contributed by atoms with Crippen LogP contribution in [0.25, 0.3) is 11.5 Å². The molecule has 1 saturated heterocycles. The molecule has 2 aromatic rings. The standard InChI is InChI=1S/C17H18FN3O4/c1-24-15(22)8-14-16(23)19-6-7-21(14)9-13-10-25-17(20-13)11-2-4-12(18)5-3-11/h2-5,10,14H,6-9H2,1H3,(H,19,23)/t14-/m0/s1. The number of hydrogen-bond acceptors (Lipinski definition) is 6. The molecule has 1 N–H and O–H groups in total. The van der Waals surface area contributed by atoms with E-state index in [1.54, 1.807) is 12.1 Å². The molecular formula is C17H18FN3O4. The van der Waals surface area contributed by atoms with Gasteiger partial charge in [0.2, 0.25) is 11.8 Å².